The lowest BCUT2D eigenvalue weighted by molar-refractivity contribution is 0.101. The van der Waals surface area contributed by atoms with Crippen molar-refractivity contribution in [2.75, 3.05) is 5.32 Å². The van der Waals surface area contributed by atoms with Gasteiger partial charge in [0.2, 0.25) is 0 Å². The molecule has 0 bridgehead atoms. The molecular formula is C17H15N5OS. The minimum absolute atomic E-state index is 0.224. The lowest BCUT2D eigenvalue weighted by atomic mass is 10.1. The Labute approximate surface area is 143 Å². The molecule has 120 valence electrons. The van der Waals surface area contributed by atoms with E-state index in [0.29, 0.717) is 22.9 Å². The van der Waals surface area contributed by atoms with Crippen molar-refractivity contribution in [3.63, 3.8) is 0 Å². The first-order valence-corrected chi connectivity index (χ1v) is 8.30. The molecule has 0 radical (unpaired) electrons. The van der Waals surface area contributed by atoms with Crippen LogP contribution in [0.5, 0.6) is 0 Å². The lowest BCUT2D eigenvalue weighted by Gasteiger charge is -2.03. The van der Waals surface area contributed by atoms with Gasteiger partial charge in [-0.05, 0) is 32.0 Å². The van der Waals surface area contributed by atoms with Gasteiger partial charge in [0.1, 0.15) is 5.69 Å². The summed E-state index contributed by atoms with van der Waals surface area (Å²) in [5.74, 6) is -0.224. The van der Waals surface area contributed by atoms with Gasteiger partial charge in [-0.2, -0.15) is 10.4 Å². The maximum absolute atomic E-state index is 12.4. The van der Waals surface area contributed by atoms with Crippen molar-refractivity contribution in [1.29, 1.82) is 5.26 Å². The molecule has 0 atom stereocenters. The number of hydrogen-bond acceptors (Lipinski definition) is 5. The molecular weight excluding hydrogens is 322 g/mol. The van der Waals surface area contributed by atoms with Gasteiger partial charge in [-0.1, -0.05) is 12.1 Å². The summed E-state index contributed by atoms with van der Waals surface area (Å²) in [6.45, 7) is 4.43. The number of nitrogens with one attached hydrogen (secondary N) is 1. The number of hydrogen-bond donors (Lipinski definition) is 1. The lowest BCUT2D eigenvalue weighted by Crippen LogP contribution is -2.17. The number of aromatic nitrogens is 3. The quantitative estimate of drug-likeness (QED) is 0.790. The Morgan fingerprint density at radius 2 is 2.12 bits per heavy atom. The van der Waals surface area contributed by atoms with Crippen LogP contribution >= 0.6 is 11.3 Å². The van der Waals surface area contributed by atoms with Crippen molar-refractivity contribution < 1.29 is 4.79 Å². The third kappa shape index (κ3) is 3.19. The predicted octanol–water partition coefficient (Wildman–Crippen LogP) is 3.46. The first-order chi connectivity index (χ1) is 11.6. The highest BCUT2D eigenvalue weighted by molar-refractivity contribution is 7.14. The van der Waals surface area contributed by atoms with Crippen molar-refractivity contribution in [3.8, 4) is 17.3 Å². The van der Waals surface area contributed by atoms with Crippen LogP contribution in [0.15, 0.2) is 35.7 Å². The largest absolute Gasteiger partial charge is 0.296 e. The summed E-state index contributed by atoms with van der Waals surface area (Å²) in [4.78, 5) is 16.8. The van der Waals surface area contributed by atoms with Gasteiger partial charge in [0.05, 0.1) is 23.0 Å². The summed E-state index contributed by atoms with van der Waals surface area (Å²) in [6.07, 6.45) is 0. The van der Waals surface area contributed by atoms with Crippen LogP contribution in [0.1, 0.15) is 28.7 Å². The van der Waals surface area contributed by atoms with Crippen LogP contribution < -0.4 is 5.32 Å². The summed E-state index contributed by atoms with van der Waals surface area (Å²) in [5, 5.41) is 18.3. The third-order valence-corrected chi connectivity index (χ3v) is 4.23. The van der Waals surface area contributed by atoms with E-state index in [1.54, 1.807) is 22.9 Å². The van der Waals surface area contributed by atoms with Gasteiger partial charge in [-0.15, -0.1) is 11.3 Å². The molecule has 24 heavy (non-hydrogen) atoms. The molecule has 0 fully saturated rings. The molecule has 0 unspecified atom stereocenters. The molecule has 3 rings (SSSR count). The summed E-state index contributed by atoms with van der Waals surface area (Å²) in [7, 11) is 0. The summed E-state index contributed by atoms with van der Waals surface area (Å²) in [5.41, 5.74) is 3.59. The van der Waals surface area contributed by atoms with Crippen LogP contribution in [-0.4, -0.2) is 20.7 Å². The van der Waals surface area contributed by atoms with E-state index in [1.165, 1.54) is 11.3 Å². The molecule has 0 spiro atoms. The first kappa shape index (κ1) is 15.9. The Morgan fingerprint density at radius 1 is 1.38 bits per heavy atom. The molecule has 1 N–H and O–H groups in total. The van der Waals surface area contributed by atoms with E-state index in [0.717, 1.165) is 17.0 Å². The van der Waals surface area contributed by atoms with E-state index in [9.17, 15) is 4.79 Å². The summed E-state index contributed by atoms with van der Waals surface area (Å²) >= 11 is 1.36. The van der Waals surface area contributed by atoms with Crippen LogP contribution in [-0.2, 0) is 6.54 Å². The number of anilines is 1. The van der Waals surface area contributed by atoms with E-state index in [1.807, 2.05) is 31.4 Å². The normalized spacial score (nSPS) is 10.4. The van der Waals surface area contributed by atoms with Crippen LogP contribution in [0.4, 0.5) is 5.13 Å². The average molecular weight is 337 g/mol. The fourth-order valence-corrected chi connectivity index (χ4v) is 3.02. The fraction of sp³-hybridized carbons (Fsp3) is 0.176. The first-order valence-electron chi connectivity index (χ1n) is 7.42. The van der Waals surface area contributed by atoms with Gasteiger partial charge < -0.3 is 0 Å². The Balaban J connectivity index is 1.78. The van der Waals surface area contributed by atoms with Crippen LogP contribution in [0.3, 0.4) is 0 Å². The maximum Gasteiger partial charge on any atom is 0.275 e. The zero-order valence-corrected chi connectivity index (χ0v) is 14.1. The summed E-state index contributed by atoms with van der Waals surface area (Å²) < 4.78 is 1.67. The number of nitrogens with zero attached hydrogens (tertiary/aromatic N) is 4. The Hall–Kier alpha value is -2.98. The van der Waals surface area contributed by atoms with Gasteiger partial charge in [-0.25, -0.2) is 4.98 Å². The zero-order valence-electron chi connectivity index (χ0n) is 13.3. The number of aryl methyl sites for hydroxylation is 2. The van der Waals surface area contributed by atoms with Crippen molar-refractivity contribution >= 4 is 22.4 Å². The molecule has 7 heteroatoms. The van der Waals surface area contributed by atoms with Crippen molar-refractivity contribution in [3.05, 3.63) is 52.7 Å². The second kappa shape index (κ2) is 6.64. The van der Waals surface area contributed by atoms with Crippen molar-refractivity contribution in [2.45, 2.75) is 20.4 Å². The smallest absolute Gasteiger partial charge is 0.275 e. The highest BCUT2D eigenvalue weighted by Crippen LogP contribution is 2.25. The minimum Gasteiger partial charge on any atom is -0.296 e. The van der Waals surface area contributed by atoms with Gasteiger partial charge in [0.25, 0.3) is 5.91 Å². The molecule has 2 heterocycles. The molecule has 1 aromatic carbocycles. The predicted molar refractivity (Wildman–Crippen MR) is 92.9 cm³/mol. The number of carbonyl (C=O) groups excluding carboxylic acids is 1. The highest BCUT2D eigenvalue weighted by Gasteiger charge is 2.15. The number of carbonyl (C=O) groups is 1. The molecule has 0 aliphatic carbocycles. The SMILES string of the molecule is CCn1nc(C)cc1C(=O)Nc1nc(-c2ccc(C#N)cc2)cs1. The Kier molecular flexibility index (Phi) is 4.40. The molecule has 0 saturated carbocycles. The van der Waals surface area contributed by atoms with Crippen LogP contribution in [0.25, 0.3) is 11.3 Å². The Morgan fingerprint density at radius 3 is 2.79 bits per heavy atom. The van der Waals surface area contributed by atoms with Crippen molar-refractivity contribution in [1.82, 2.24) is 14.8 Å². The number of amides is 1. The molecule has 0 aliphatic heterocycles. The molecule has 3 aromatic rings. The van der Waals surface area contributed by atoms with Gasteiger partial charge >= 0.3 is 0 Å². The van der Waals surface area contributed by atoms with E-state index in [-0.39, 0.29) is 5.91 Å². The van der Waals surface area contributed by atoms with Gasteiger partial charge in [-0.3, -0.25) is 14.8 Å². The molecule has 6 nitrogen and oxygen atoms in total. The number of rotatable bonds is 4. The molecule has 2 aromatic heterocycles. The zero-order chi connectivity index (χ0) is 17.1. The second-order valence-corrected chi connectivity index (χ2v) is 6.03. The molecule has 0 aliphatic rings. The van der Waals surface area contributed by atoms with Crippen molar-refractivity contribution in [2.24, 2.45) is 0 Å². The van der Waals surface area contributed by atoms with Crippen LogP contribution in [0.2, 0.25) is 0 Å². The highest BCUT2D eigenvalue weighted by atomic mass is 32.1. The topological polar surface area (TPSA) is 83.6 Å². The number of benzene rings is 1. The molecule has 0 saturated heterocycles. The molecule has 1 amide bonds. The second-order valence-electron chi connectivity index (χ2n) is 5.17. The van der Waals surface area contributed by atoms with E-state index >= 15 is 0 Å². The summed E-state index contributed by atoms with van der Waals surface area (Å²) in [6, 6.07) is 11.0. The van der Waals surface area contributed by atoms with Crippen LogP contribution in [0, 0.1) is 18.3 Å². The Bertz CT molecular complexity index is 917. The van der Waals surface area contributed by atoms with E-state index in [4.69, 9.17) is 5.26 Å². The number of thiazole rings is 1. The van der Waals surface area contributed by atoms with E-state index in [2.05, 4.69) is 21.5 Å². The van der Waals surface area contributed by atoms with Gasteiger partial charge in [0.15, 0.2) is 5.13 Å². The van der Waals surface area contributed by atoms with E-state index < -0.39 is 0 Å². The number of nitriles is 1. The monoisotopic (exact) mass is 337 g/mol. The standard InChI is InChI=1S/C17H15N5OS/c1-3-22-15(8-11(2)21-22)16(23)20-17-19-14(10-24-17)13-6-4-12(9-18)5-7-13/h4-8,10H,3H2,1-2H3,(H,19,20,23). The van der Waals surface area contributed by atoms with Gasteiger partial charge in [0, 0.05) is 17.5 Å². The fourth-order valence-electron chi connectivity index (χ4n) is 2.31. The minimum atomic E-state index is -0.224. The third-order valence-electron chi connectivity index (χ3n) is 3.47. The average Bonchev–Trinajstić information content (AvgIpc) is 3.21. The maximum atomic E-state index is 12.4.